The van der Waals surface area contributed by atoms with Crippen LogP contribution in [0.4, 0.5) is 10.1 Å². The van der Waals surface area contributed by atoms with Gasteiger partial charge >= 0.3 is 5.97 Å². The highest BCUT2D eigenvalue weighted by Crippen LogP contribution is 2.13. The van der Waals surface area contributed by atoms with Crippen molar-refractivity contribution in [3.63, 3.8) is 0 Å². The molecule has 0 aliphatic carbocycles. The molecule has 4 nitrogen and oxygen atoms in total. The van der Waals surface area contributed by atoms with E-state index in [1.54, 1.807) is 6.92 Å². The Morgan fingerprint density at radius 2 is 2.38 bits per heavy atom. The molecule has 1 rings (SSSR count). The summed E-state index contributed by atoms with van der Waals surface area (Å²) in [5.41, 5.74) is 5.27. The molecule has 1 aromatic rings. The molecule has 0 heterocycles. The number of rotatable bonds is 3. The number of carbonyl (C=O) groups is 1. The summed E-state index contributed by atoms with van der Waals surface area (Å²) in [4.78, 5) is 11.5. The summed E-state index contributed by atoms with van der Waals surface area (Å²) in [5.74, 6) is -1.41. The fourth-order valence-electron chi connectivity index (χ4n) is 1.05. The largest absolute Gasteiger partial charge is 0.443 e. The van der Waals surface area contributed by atoms with Crippen molar-refractivity contribution in [2.75, 3.05) is 5.73 Å². The fraction of sp³-hybridized carbons (Fsp3) is 0.273. The van der Waals surface area contributed by atoms with E-state index in [0.29, 0.717) is 6.42 Å². The number of nitrogens with two attached hydrogens (primary N) is 1. The summed E-state index contributed by atoms with van der Waals surface area (Å²) in [6.07, 6.45) is -0.423. The summed E-state index contributed by atoms with van der Waals surface area (Å²) in [5, 5.41) is 8.60. The van der Waals surface area contributed by atoms with Crippen LogP contribution in [-0.4, -0.2) is 12.1 Å². The third-order valence-electron chi connectivity index (χ3n) is 2.00. The van der Waals surface area contributed by atoms with Crippen molar-refractivity contribution < 1.29 is 13.9 Å². The number of nitrogen functional groups attached to an aromatic ring is 1. The number of hydrogen-bond acceptors (Lipinski definition) is 4. The molecule has 84 valence electrons. The van der Waals surface area contributed by atoms with E-state index < -0.39 is 17.9 Å². The summed E-state index contributed by atoms with van der Waals surface area (Å²) in [6, 6.07) is 5.43. The van der Waals surface area contributed by atoms with E-state index in [1.807, 2.05) is 6.07 Å². The lowest BCUT2D eigenvalue weighted by atomic mass is 10.2. The van der Waals surface area contributed by atoms with E-state index in [4.69, 9.17) is 15.7 Å². The van der Waals surface area contributed by atoms with Crippen molar-refractivity contribution in [3.8, 4) is 6.07 Å². The quantitative estimate of drug-likeness (QED) is 0.625. The highest BCUT2D eigenvalue weighted by atomic mass is 19.1. The second kappa shape index (κ2) is 5.12. The lowest BCUT2D eigenvalue weighted by Crippen LogP contribution is -2.15. The van der Waals surface area contributed by atoms with Gasteiger partial charge in [-0.25, -0.2) is 9.18 Å². The monoisotopic (exact) mass is 222 g/mol. The number of nitrogens with zero attached hydrogens (tertiary/aromatic N) is 1. The predicted molar refractivity (Wildman–Crippen MR) is 55.9 cm³/mol. The SMILES string of the molecule is CCC(C#N)OC(=O)c1ccc(N)c(F)c1. The van der Waals surface area contributed by atoms with Crippen LogP contribution in [0.2, 0.25) is 0 Å². The number of halogens is 1. The summed E-state index contributed by atoms with van der Waals surface area (Å²) >= 11 is 0. The van der Waals surface area contributed by atoms with Crippen LogP contribution < -0.4 is 5.73 Å². The number of ether oxygens (including phenoxy) is 1. The first-order valence-electron chi connectivity index (χ1n) is 4.74. The number of nitriles is 1. The molecular weight excluding hydrogens is 211 g/mol. The van der Waals surface area contributed by atoms with Crippen molar-refractivity contribution in [3.05, 3.63) is 29.6 Å². The molecule has 0 saturated heterocycles. The molecule has 1 unspecified atom stereocenters. The Bertz CT molecular complexity index is 440. The van der Waals surface area contributed by atoms with Gasteiger partial charge in [-0.3, -0.25) is 0 Å². The Balaban J connectivity index is 2.81. The van der Waals surface area contributed by atoms with Gasteiger partial charge in [-0.1, -0.05) is 6.92 Å². The minimum atomic E-state index is -0.812. The molecule has 0 spiro atoms. The number of esters is 1. The smallest absolute Gasteiger partial charge is 0.339 e. The van der Waals surface area contributed by atoms with Gasteiger partial charge < -0.3 is 10.5 Å². The summed E-state index contributed by atoms with van der Waals surface area (Å²) in [6.45, 7) is 1.71. The third kappa shape index (κ3) is 2.70. The highest BCUT2D eigenvalue weighted by molar-refractivity contribution is 5.90. The van der Waals surface area contributed by atoms with Crippen LogP contribution in [0.1, 0.15) is 23.7 Å². The molecule has 0 radical (unpaired) electrons. The Labute approximate surface area is 92.4 Å². The molecule has 2 N–H and O–H groups in total. The standard InChI is InChI=1S/C11H11FN2O2/c1-2-8(6-13)16-11(15)7-3-4-10(14)9(12)5-7/h3-5,8H,2,14H2,1H3. The van der Waals surface area contributed by atoms with Gasteiger partial charge in [0.2, 0.25) is 0 Å². The van der Waals surface area contributed by atoms with E-state index in [0.717, 1.165) is 6.07 Å². The molecule has 16 heavy (non-hydrogen) atoms. The molecule has 0 aromatic heterocycles. The first kappa shape index (κ1) is 12.0. The van der Waals surface area contributed by atoms with Gasteiger partial charge in [-0.05, 0) is 24.6 Å². The minimum Gasteiger partial charge on any atom is -0.443 e. The zero-order valence-corrected chi connectivity index (χ0v) is 8.74. The topological polar surface area (TPSA) is 76.1 Å². The lowest BCUT2D eigenvalue weighted by molar-refractivity contribution is 0.0400. The number of carbonyl (C=O) groups excluding carboxylic acids is 1. The van der Waals surface area contributed by atoms with E-state index in [-0.39, 0.29) is 11.3 Å². The minimum absolute atomic E-state index is 0.0381. The second-order valence-corrected chi connectivity index (χ2v) is 3.17. The molecule has 1 aromatic carbocycles. The molecule has 1 atom stereocenters. The first-order valence-corrected chi connectivity index (χ1v) is 4.74. The average molecular weight is 222 g/mol. The lowest BCUT2D eigenvalue weighted by Gasteiger charge is -2.08. The van der Waals surface area contributed by atoms with Crippen LogP contribution in [0.15, 0.2) is 18.2 Å². The van der Waals surface area contributed by atoms with Gasteiger partial charge in [-0.15, -0.1) is 0 Å². The predicted octanol–water partition coefficient (Wildman–Crippen LogP) is 1.87. The van der Waals surface area contributed by atoms with Crippen LogP contribution in [-0.2, 0) is 4.74 Å². The highest BCUT2D eigenvalue weighted by Gasteiger charge is 2.14. The van der Waals surface area contributed by atoms with Gasteiger partial charge in [0.1, 0.15) is 11.9 Å². The number of benzene rings is 1. The summed E-state index contributed by atoms with van der Waals surface area (Å²) < 4.78 is 17.9. The van der Waals surface area contributed by atoms with Crippen LogP contribution in [0.5, 0.6) is 0 Å². The van der Waals surface area contributed by atoms with Gasteiger partial charge in [0.15, 0.2) is 6.10 Å². The molecule has 5 heteroatoms. The van der Waals surface area contributed by atoms with Gasteiger partial charge in [0.25, 0.3) is 0 Å². The molecule has 0 aliphatic rings. The Hall–Kier alpha value is -2.09. The first-order chi connectivity index (χ1) is 7.58. The number of anilines is 1. The van der Waals surface area contributed by atoms with Crippen LogP contribution in [0.25, 0.3) is 0 Å². The van der Waals surface area contributed by atoms with Gasteiger partial charge in [0, 0.05) is 0 Å². The van der Waals surface area contributed by atoms with Gasteiger partial charge in [-0.2, -0.15) is 5.26 Å². The molecule has 0 fully saturated rings. The maximum Gasteiger partial charge on any atom is 0.339 e. The van der Waals surface area contributed by atoms with Crippen molar-refractivity contribution in [1.82, 2.24) is 0 Å². The Kier molecular flexibility index (Phi) is 3.84. The maximum absolute atomic E-state index is 13.0. The van der Waals surface area contributed by atoms with E-state index in [1.165, 1.54) is 12.1 Å². The van der Waals surface area contributed by atoms with Crippen molar-refractivity contribution >= 4 is 11.7 Å². The Morgan fingerprint density at radius 3 is 2.88 bits per heavy atom. The average Bonchev–Trinajstić information content (AvgIpc) is 2.29. The molecule has 0 amide bonds. The maximum atomic E-state index is 13.0. The number of hydrogen-bond donors (Lipinski definition) is 1. The van der Waals surface area contributed by atoms with Crippen LogP contribution in [0, 0.1) is 17.1 Å². The zero-order chi connectivity index (χ0) is 12.1. The summed E-state index contributed by atoms with van der Waals surface area (Å²) in [7, 11) is 0. The van der Waals surface area contributed by atoms with Crippen LogP contribution in [0.3, 0.4) is 0 Å². The Morgan fingerprint density at radius 1 is 1.69 bits per heavy atom. The molecule has 0 aliphatic heterocycles. The van der Waals surface area contributed by atoms with E-state index in [9.17, 15) is 9.18 Å². The van der Waals surface area contributed by atoms with E-state index >= 15 is 0 Å². The second-order valence-electron chi connectivity index (χ2n) is 3.17. The molecule has 0 bridgehead atoms. The fourth-order valence-corrected chi connectivity index (χ4v) is 1.05. The zero-order valence-electron chi connectivity index (χ0n) is 8.74. The van der Waals surface area contributed by atoms with Crippen molar-refractivity contribution in [2.24, 2.45) is 0 Å². The van der Waals surface area contributed by atoms with E-state index in [2.05, 4.69) is 0 Å². The van der Waals surface area contributed by atoms with Crippen molar-refractivity contribution in [1.29, 1.82) is 5.26 Å². The van der Waals surface area contributed by atoms with Crippen molar-refractivity contribution in [2.45, 2.75) is 19.4 Å². The van der Waals surface area contributed by atoms with Crippen LogP contribution >= 0.6 is 0 Å². The molecule has 0 saturated carbocycles. The van der Waals surface area contributed by atoms with Gasteiger partial charge in [0.05, 0.1) is 11.3 Å². The normalized spacial score (nSPS) is 11.6. The molecular formula is C11H11FN2O2. The third-order valence-corrected chi connectivity index (χ3v) is 2.00.